The van der Waals surface area contributed by atoms with Crippen LogP contribution in [0.1, 0.15) is 50.3 Å². The van der Waals surface area contributed by atoms with Crippen molar-refractivity contribution in [2.75, 3.05) is 13.7 Å². The molecule has 1 N–H and O–H groups in total. The van der Waals surface area contributed by atoms with Crippen LogP contribution in [0.25, 0.3) is 0 Å². The van der Waals surface area contributed by atoms with E-state index in [4.69, 9.17) is 9.47 Å². The molecule has 0 aromatic heterocycles. The number of hydrogen-bond donors (Lipinski definition) is 1. The summed E-state index contributed by atoms with van der Waals surface area (Å²) < 4.78 is 12.2. The van der Waals surface area contributed by atoms with Crippen LogP contribution in [0.15, 0.2) is 40.9 Å². The van der Waals surface area contributed by atoms with Gasteiger partial charge in [0.15, 0.2) is 6.61 Å². The summed E-state index contributed by atoms with van der Waals surface area (Å²) in [6.07, 6.45) is 1.31. The quantitative estimate of drug-likeness (QED) is 0.445. The molecule has 0 saturated heterocycles. The molecule has 0 heterocycles. The Bertz CT molecular complexity index is 940. The fourth-order valence-electron chi connectivity index (χ4n) is 3.55. The molecule has 2 aromatic carbocycles. The molecular formula is C26H35BrN2O4. The second-order valence-corrected chi connectivity index (χ2v) is 9.07. The van der Waals surface area contributed by atoms with E-state index in [1.54, 1.807) is 12.0 Å². The molecule has 33 heavy (non-hydrogen) atoms. The number of nitrogens with one attached hydrogen (secondary N) is 1. The summed E-state index contributed by atoms with van der Waals surface area (Å²) in [4.78, 5) is 28.0. The lowest BCUT2D eigenvalue weighted by molar-refractivity contribution is -0.143. The van der Waals surface area contributed by atoms with Gasteiger partial charge in [-0.05, 0) is 74.6 Å². The number of nitrogens with zero attached hydrogens (tertiary/aromatic N) is 1. The maximum absolute atomic E-state index is 13.4. The average Bonchev–Trinajstić information content (AvgIpc) is 2.80. The number of hydrogen-bond acceptors (Lipinski definition) is 4. The summed E-state index contributed by atoms with van der Waals surface area (Å²) in [7, 11) is 1.60. The highest BCUT2D eigenvalue weighted by Gasteiger charge is 2.29. The number of ether oxygens (including phenoxy) is 2. The van der Waals surface area contributed by atoms with Crippen molar-refractivity contribution in [1.82, 2.24) is 10.2 Å². The number of carbonyl (C=O) groups excluding carboxylic acids is 2. The molecule has 7 heteroatoms. The number of benzene rings is 2. The number of rotatable bonds is 11. The second kappa shape index (κ2) is 12.6. The number of methoxy groups -OCH3 is 1. The number of amides is 2. The molecule has 6 nitrogen and oxygen atoms in total. The van der Waals surface area contributed by atoms with Gasteiger partial charge in [0.25, 0.3) is 5.91 Å². The molecule has 180 valence electrons. The van der Waals surface area contributed by atoms with Gasteiger partial charge < -0.3 is 19.7 Å². The Labute approximate surface area is 205 Å². The molecule has 2 atom stereocenters. The number of aryl methyl sites for hydroxylation is 2. The summed E-state index contributed by atoms with van der Waals surface area (Å²) in [5, 5.41) is 3.02. The van der Waals surface area contributed by atoms with Crippen LogP contribution in [0.5, 0.6) is 11.5 Å². The van der Waals surface area contributed by atoms with Gasteiger partial charge in [0.05, 0.1) is 7.11 Å². The third-order valence-electron chi connectivity index (χ3n) is 5.65. The smallest absolute Gasteiger partial charge is 0.261 e. The van der Waals surface area contributed by atoms with Crippen LogP contribution in [0.2, 0.25) is 0 Å². The van der Waals surface area contributed by atoms with E-state index in [-0.39, 0.29) is 31.0 Å². The van der Waals surface area contributed by atoms with Crippen molar-refractivity contribution in [1.29, 1.82) is 0 Å². The summed E-state index contributed by atoms with van der Waals surface area (Å²) >= 11 is 3.55. The van der Waals surface area contributed by atoms with Gasteiger partial charge >= 0.3 is 0 Å². The SMILES string of the molecule is CC[C@H](C)NC(=O)[C@H](CC)N(Cc1cccc(OC)c1)C(=O)COc1cc(C)c(Br)c(C)c1. The van der Waals surface area contributed by atoms with Crippen molar-refractivity contribution < 1.29 is 19.1 Å². The molecule has 0 aliphatic rings. The molecule has 0 aliphatic heterocycles. The van der Waals surface area contributed by atoms with Crippen molar-refractivity contribution in [3.63, 3.8) is 0 Å². The zero-order valence-electron chi connectivity index (χ0n) is 20.4. The van der Waals surface area contributed by atoms with Crippen LogP contribution in [0.3, 0.4) is 0 Å². The van der Waals surface area contributed by atoms with E-state index in [0.29, 0.717) is 17.9 Å². The summed E-state index contributed by atoms with van der Waals surface area (Å²) in [6, 6.07) is 10.7. The maximum atomic E-state index is 13.4. The van der Waals surface area contributed by atoms with E-state index in [1.165, 1.54) is 0 Å². The first-order valence-electron chi connectivity index (χ1n) is 11.3. The fourth-order valence-corrected chi connectivity index (χ4v) is 3.77. The molecule has 0 radical (unpaired) electrons. The van der Waals surface area contributed by atoms with Gasteiger partial charge in [-0.2, -0.15) is 0 Å². The monoisotopic (exact) mass is 518 g/mol. The van der Waals surface area contributed by atoms with Gasteiger partial charge in [0.1, 0.15) is 17.5 Å². The summed E-state index contributed by atoms with van der Waals surface area (Å²) in [5.74, 6) is 0.926. The highest BCUT2D eigenvalue weighted by Crippen LogP contribution is 2.26. The van der Waals surface area contributed by atoms with Crippen LogP contribution in [0, 0.1) is 13.8 Å². The molecule has 0 unspecified atom stereocenters. The Morgan fingerprint density at radius 1 is 1.06 bits per heavy atom. The van der Waals surface area contributed by atoms with Gasteiger partial charge in [-0.1, -0.05) is 41.9 Å². The van der Waals surface area contributed by atoms with Crippen LogP contribution >= 0.6 is 15.9 Å². The van der Waals surface area contributed by atoms with Gasteiger partial charge in [0, 0.05) is 17.1 Å². The third kappa shape index (κ3) is 7.49. The zero-order valence-corrected chi connectivity index (χ0v) is 22.0. The molecular weight excluding hydrogens is 484 g/mol. The van der Waals surface area contributed by atoms with Gasteiger partial charge in [-0.25, -0.2) is 0 Å². The third-order valence-corrected chi connectivity index (χ3v) is 6.90. The predicted octanol–water partition coefficient (Wildman–Crippen LogP) is 5.18. The Morgan fingerprint density at radius 2 is 1.73 bits per heavy atom. The van der Waals surface area contributed by atoms with E-state index in [1.807, 2.05) is 71.0 Å². The first-order chi connectivity index (χ1) is 15.7. The lowest BCUT2D eigenvalue weighted by Crippen LogP contribution is -2.51. The first-order valence-corrected chi connectivity index (χ1v) is 12.1. The van der Waals surface area contributed by atoms with E-state index in [9.17, 15) is 9.59 Å². The van der Waals surface area contributed by atoms with E-state index < -0.39 is 6.04 Å². The van der Waals surface area contributed by atoms with Gasteiger partial charge in [-0.3, -0.25) is 9.59 Å². The molecule has 0 spiro atoms. The highest BCUT2D eigenvalue weighted by molar-refractivity contribution is 9.10. The summed E-state index contributed by atoms with van der Waals surface area (Å²) in [5.41, 5.74) is 2.95. The Morgan fingerprint density at radius 3 is 2.30 bits per heavy atom. The van der Waals surface area contributed by atoms with Crippen LogP contribution < -0.4 is 14.8 Å². The second-order valence-electron chi connectivity index (χ2n) is 8.27. The molecule has 0 saturated carbocycles. The fraction of sp³-hybridized carbons (Fsp3) is 0.462. The number of carbonyl (C=O) groups is 2. The standard InChI is InChI=1S/C26H35BrN2O4/c1-7-19(5)28-26(31)23(8-2)29(15-20-10-9-11-21(14-20)32-6)24(30)16-33-22-12-17(3)25(27)18(4)13-22/h9-14,19,23H,7-8,15-16H2,1-6H3,(H,28,31)/t19-,23-/m0/s1. The van der Waals surface area contributed by atoms with Gasteiger partial charge in [0.2, 0.25) is 5.91 Å². The number of halogens is 1. The zero-order chi connectivity index (χ0) is 24.5. The van der Waals surface area contributed by atoms with E-state index in [0.717, 1.165) is 27.6 Å². The minimum absolute atomic E-state index is 0.0327. The molecule has 2 amide bonds. The van der Waals surface area contributed by atoms with Crippen molar-refractivity contribution in [2.24, 2.45) is 0 Å². The molecule has 0 aliphatic carbocycles. The van der Waals surface area contributed by atoms with Crippen LogP contribution in [-0.4, -0.2) is 42.5 Å². The topological polar surface area (TPSA) is 67.9 Å². The molecule has 2 aromatic rings. The van der Waals surface area contributed by atoms with Gasteiger partial charge in [-0.15, -0.1) is 0 Å². The van der Waals surface area contributed by atoms with E-state index in [2.05, 4.69) is 21.2 Å². The Kier molecular flexibility index (Phi) is 10.2. The minimum Gasteiger partial charge on any atom is -0.497 e. The minimum atomic E-state index is -0.602. The molecule has 0 fully saturated rings. The summed E-state index contributed by atoms with van der Waals surface area (Å²) in [6.45, 7) is 9.97. The molecule has 0 bridgehead atoms. The van der Waals surface area contributed by atoms with Crippen LogP contribution in [-0.2, 0) is 16.1 Å². The Balaban J connectivity index is 2.27. The lowest BCUT2D eigenvalue weighted by Gasteiger charge is -2.31. The van der Waals surface area contributed by atoms with Crippen molar-refractivity contribution in [2.45, 2.75) is 66.1 Å². The van der Waals surface area contributed by atoms with E-state index >= 15 is 0 Å². The first kappa shape index (κ1) is 26.7. The van der Waals surface area contributed by atoms with Crippen molar-refractivity contribution in [3.05, 3.63) is 57.6 Å². The maximum Gasteiger partial charge on any atom is 0.261 e. The Hall–Kier alpha value is -2.54. The van der Waals surface area contributed by atoms with Crippen molar-refractivity contribution >= 4 is 27.7 Å². The van der Waals surface area contributed by atoms with Crippen LogP contribution in [0.4, 0.5) is 0 Å². The lowest BCUT2D eigenvalue weighted by atomic mass is 10.1. The molecule has 2 rings (SSSR count). The average molecular weight is 519 g/mol. The normalized spacial score (nSPS) is 12.6. The largest absolute Gasteiger partial charge is 0.497 e. The van der Waals surface area contributed by atoms with Crippen molar-refractivity contribution in [3.8, 4) is 11.5 Å². The highest BCUT2D eigenvalue weighted by atomic mass is 79.9. The predicted molar refractivity (Wildman–Crippen MR) is 135 cm³/mol.